The lowest BCUT2D eigenvalue weighted by molar-refractivity contribution is -0.192. The molecule has 2 aromatic heterocycles. The number of carbonyl (C=O) groups excluding carboxylic acids is 1. The molecule has 1 atom stereocenters. The normalized spacial score (nSPS) is 19.6. The van der Waals surface area contributed by atoms with Gasteiger partial charge < -0.3 is 14.7 Å². The van der Waals surface area contributed by atoms with Gasteiger partial charge in [-0.3, -0.25) is 14.5 Å². The Labute approximate surface area is 174 Å². The van der Waals surface area contributed by atoms with E-state index in [2.05, 4.69) is 10.1 Å². The minimum Gasteiger partial charge on any atom is -0.488 e. The highest BCUT2D eigenvalue weighted by atomic mass is 32.2. The van der Waals surface area contributed by atoms with Gasteiger partial charge in [0.15, 0.2) is 0 Å². The summed E-state index contributed by atoms with van der Waals surface area (Å²) < 4.78 is 39.5. The van der Waals surface area contributed by atoms with Crippen molar-refractivity contribution >= 4 is 23.6 Å². The van der Waals surface area contributed by atoms with E-state index in [1.165, 1.54) is 0 Å². The summed E-state index contributed by atoms with van der Waals surface area (Å²) in [4.78, 5) is 27.2. The number of pyridine rings is 1. The molecule has 2 aromatic rings. The fraction of sp³-hybridized carbons (Fsp3) is 0.444. The average molecular weight is 444 g/mol. The van der Waals surface area contributed by atoms with E-state index in [1.807, 2.05) is 35.8 Å². The standard InChI is InChI=1S/C16H18N4O2S.C2HF3O2/c1-19-8-12(6-18-19)15(21)20-10-16(11-20)5-14(9-23-16)22-13-3-2-4-17-7-13;3-2(4,5)1(6)7/h2-4,6-8,14H,5,9-11H2,1H3;(H,6,7). The van der Waals surface area contributed by atoms with Crippen molar-refractivity contribution in [2.45, 2.75) is 23.4 Å². The summed E-state index contributed by atoms with van der Waals surface area (Å²) in [6, 6.07) is 3.81. The van der Waals surface area contributed by atoms with Crippen molar-refractivity contribution in [1.82, 2.24) is 19.7 Å². The fourth-order valence-electron chi connectivity index (χ4n) is 3.22. The molecule has 2 aliphatic rings. The number of amides is 1. The molecule has 8 nitrogen and oxygen atoms in total. The number of thioether (sulfide) groups is 1. The lowest BCUT2D eigenvalue weighted by Crippen LogP contribution is -2.60. The maximum absolute atomic E-state index is 12.4. The van der Waals surface area contributed by atoms with E-state index in [0.29, 0.717) is 5.56 Å². The number of halogens is 3. The van der Waals surface area contributed by atoms with Crippen LogP contribution in [0.5, 0.6) is 5.75 Å². The van der Waals surface area contributed by atoms with Crippen LogP contribution < -0.4 is 4.74 Å². The van der Waals surface area contributed by atoms with Gasteiger partial charge in [0, 0.05) is 44.7 Å². The number of aromatic nitrogens is 3. The molecular formula is C18H19F3N4O4S. The maximum Gasteiger partial charge on any atom is 0.490 e. The van der Waals surface area contributed by atoms with Crippen molar-refractivity contribution in [2.75, 3.05) is 18.8 Å². The maximum atomic E-state index is 12.4. The van der Waals surface area contributed by atoms with Gasteiger partial charge in [0.25, 0.3) is 5.91 Å². The Bertz CT molecular complexity index is 900. The van der Waals surface area contributed by atoms with Crippen molar-refractivity contribution in [3.63, 3.8) is 0 Å². The number of rotatable bonds is 3. The van der Waals surface area contributed by atoms with Crippen LogP contribution in [-0.2, 0) is 11.8 Å². The Morgan fingerprint density at radius 2 is 2.03 bits per heavy atom. The van der Waals surface area contributed by atoms with Gasteiger partial charge in [0.05, 0.1) is 22.7 Å². The third-order valence-electron chi connectivity index (χ3n) is 4.55. The Balaban J connectivity index is 0.000000318. The molecule has 0 aliphatic carbocycles. The molecular weight excluding hydrogens is 425 g/mol. The van der Waals surface area contributed by atoms with Crippen molar-refractivity contribution in [3.05, 3.63) is 42.5 Å². The second-order valence-electron chi connectivity index (χ2n) is 6.99. The van der Waals surface area contributed by atoms with Gasteiger partial charge >= 0.3 is 12.1 Å². The molecule has 0 radical (unpaired) electrons. The molecule has 0 bridgehead atoms. The van der Waals surface area contributed by atoms with Crippen LogP contribution in [0.1, 0.15) is 16.8 Å². The lowest BCUT2D eigenvalue weighted by atomic mass is 9.92. The highest BCUT2D eigenvalue weighted by molar-refractivity contribution is 8.01. The highest BCUT2D eigenvalue weighted by Gasteiger charge is 2.51. The summed E-state index contributed by atoms with van der Waals surface area (Å²) in [5.41, 5.74) is 0.661. The Kier molecular flexibility index (Phi) is 6.25. The molecule has 2 saturated heterocycles. The lowest BCUT2D eigenvalue weighted by Gasteiger charge is -2.47. The van der Waals surface area contributed by atoms with E-state index in [9.17, 15) is 18.0 Å². The molecule has 2 aliphatic heterocycles. The second kappa shape index (κ2) is 8.54. The predicted molar refractivity (Wildman–Crippen MR) is 101 cm³/mol. The Hall–Kier alpha value is -2.76. The summed E-state index contributed by atoms with van der Waals surface area (Å²) in [6.07, 6.45) is 2.97. The average Bonchev–Trinajstić information content (AvgIpc) is 3.27. The molecule has 2 fully saturated rings. The van der Waals surface area contributed by atoms with Crippen molar-refractivity contribution in [3.8, 4) is 5.75 Å². The molecule has 30 heavy (non-hydrogen) atoms. The third-order valence-corrected chi connectivity index (χ3v) is 6.13. The molecule has 12 heteroatoms. The van der Waals surface area contributed by atoms with Crippen LogP contribution >= 0.6 is 11.8 Å². The quantitative estimate of drug-likeness (QED) is 0.775. The Morgan fingerprint density at radius 1 is 1.33 bits per heavy atom. The number of alkyl halides is 3. The van der Waals surface area contributed by atoms with Crippen LogP contribution in [-0.4, -0.2) is 72.5 Å². The van der Waals surface area contributed by atoms with Gasteiger partial charge in [-0.25, -0.2) is 4.79 Å². The summed E-state index contributed by atoms with van der Waals surface area (Å²) >= 11 is 1.92. The summed E-state index contributed by atoms with van der Waals surface area (Å²) in [7, 11) is 1.82. The molecule has 1 spiro atoms. The number of nitrogens with zero attached hydrogens (tertiary/aromatic N) is 4. The minimum atomic E-state index is -5.08. The number of hydrogen-bond acceptors (Lipinski definition) is 6. The van der Waals surface area contributed by atoms with E-state index in [0.717, 1.165) is 31.0 Å². The van der Waals surface area contributed by atoms with E-state index >= 15 is 0 Å². The number of likely N-dealkylation sites (tertiary alicyclic amines) is 1. The van der Waals surface area contributed by atoms with Crippen molar-refractivity contribution in [2.24, 2.45) is 7.05 Å². The number of hydrogen-bond donors (Lipinski definition) is 1. The molecule has 162 valence electrons. The smallest absolute Gasteiger partial charge is 0.488 e. The summed E-state index contributed by atoms with van der Waals surface area (Å²) in [5, 5.41) is 11.2. The fourth-order valence-corrected chi connectivity index (χ4v) is 4.74. The molecule has 1 amide bonds. The second-order valence-corrected chi connectivity index (χ2v) is 8.48. The first-order chi connectivity index (χ1) is 14.1. The summed E-state index contributed by atoms with van der Waals surface area (Å²) in [5.74, 6) is -0.907. The van der Waals surface area contributed by atoms with Gasteiger partial charge in [-0.1, -0.05) is 0 Å². The first kappa shape index (κ1) is 21.9. The number of carboxylic acid groups (broad SMARTS) is 1. The molecule has 4 heterocycles. The highest BCUT2D eigenvalue weighted by Crippen LogP contribution is 2.46. The van der Waals surface area contributed by atoms with E-state index in [-0.39, 0.29) is 16.8 Å². The van der Waals surface area contributed by atoms with Gasteiger partial charge in [-0.2, -0.15) is 18.3 Å². The van der Waals surface area contributed by atoms with Gasteiger partial charge in [0.2, 0.25) is 0 Å². The molecule has 0 saturated carbocycles. The van der Waals surface area contributed by atoms with E-state index in [1.54, 1.807) is 29.5 Å². The molecule has 1 unspecified atom stereocenters. The topological polar surface area (TPSA) is 97.5 Å². The Morgan fingerprint density at radius 3 is 2.57 bits per heavy atom. The van der Waals surface area contributed by atoms with Crippen LogP contribution in [0.15, 0.2) is 36.9 Å². The van der Waals surface area contributed by atoms with E-state index < -0.39 is 12.1 Å². The number of carboxylic acids is 1. The third kappa shape index (κ3) is 5.23. The SMILES string of the molecule is Cn1cc(C(=O)N2CC3(CC(Oc4cccnc4)CS3)C2)cn1.O=C(O)C(F)(F)F. The van der Waals surface area contributed by atoms with Crippen LogP contribution in [0.4, 0.5) is 13.2 Å². The first-order valence-electron chi connectivity index (χ1n) is 8.87. The molecule has 0 aromatic carbocycles. The van der Waals surface area contributed by atoms with Crippen molar-refractivity contribution < 1.29 is 32.6 Å². The number of aryl methyl sites for hydroxylation is 1. The van der Waals surface area contributed by atoms with Gasteiger partial charge in [-0.15, -0.1) is 11.8 Å². The zero-order chi connectivity index (χ0) is 21.9. The molecule has 4 rings (SSSR count). The number of aliphatic carboxylic acids is 1. The summed E-state index contributed by atoms with van der Waals surface area (Å²) in [6.45, 7) is 1.58. The van der Waals surface area contributed by atoms with Crippen LogP contribution in [0, 0.1) is 0 Å². The molecule has 1 N–H and O–H groups in total. The van der Waals surface area contributed by atoms with Gasteiger partial charge in [-0.05, 0) is 12.1 Å². The first-order valence-corrected chi connectivity index (χ1v) is 9.85. The predicted octanol–water partition coefficient (Wildman–Crippen LogP) is 2.23. The zero-order valence-corrected chi connectivity index (χ0v) is 16.7. The monoisotopic (exact) mass is 444 g/mol. The van der Waals surface area contributed by atoms with Crippen LogP contribution in [0.3, 0.4) is 0 Å². The largest absolute Gasteiger partial charge is 0.490 e. The number of carbonyl (C=O) groups is 2. The minimum absolute atomic E-state index is 0.0703. The zero-order valence-electron chi connectivity index (χ0n) is 15.9. The van der Waals surface area contributed by atoms with Crippen molar-refractivity contribution in [1.29, 1.82) is 0 Å². The van der Waals surface area contributed by atoms with Crippen LogP contribution in [0.25, 0.3) is 0 Å². The number of ether oxygens (including phenoxy) is 1. The van der Waals surface area contributed by atoms with Crippen LogP contribution in [0.2, 0.25) is 0 Å². The van der Waals surface area contributed by atoms with E-state index in [4.69, 9.17) is 14.6 Å². The van der Waals surface area contributed by atoms with Gasteiger partial charge in [0.1, 0.15) is 11.9 Å².